The summed E-state index contributed by atoms with van der Waals surface area (Å²) in [5, 5.41) is 7.85. The summed E-state index contributed by atoms with van der Waals surface area (Å²) in [5.41, 5.74) is 2.91. The molecule has 3 aromatic heterocycles. The summed E-state index contributed by atoms with van der Waals surface area (Å²) in [7, 11) is 1.48. The molecule has 10 nitrogen and oxygen atoms in total. The molecule has 1 N–H and O–H groups in total. The number of hydrogen-bond acceptors (Lipinski definition) is 8. The van der Waals surface area contributed by atoms with Crippen molar-refractivity contribution in [3.63, 3.8) is 0 Å². The third-order valence-corrected chi connectivity index (χ3v) is 6.19. The Labute approximate surface area is 217 Å². The van der Waals surface area contributed by atoms with Crippen molar-refractivity contribution in [2.45, 2.75) is 27.7 Å². The van der Waals surface area contributed by atoms with Crippen LogP contribution in [-0.2, 0) is 0 Å². The summed E-state index contributed by atoms with van der Waals surface area (Å²) in [5.74, 6) is 1.84. The quantitative estimate of drug-likeness (QED) is 0.314. The van der Waals surface area contributed by atoms with E-state index in [0.717, 1.165) is 17.0 Å². The van der Waals surface area contributed by atoms with Crippen molar-refractivity contribution in [3.8, 4) is 23.2 Å². The summed E-state index contributed by atoms with van der Waals surface area (Å²) in [6.45, 7) is 7.74. The minimum absolute atomic E-state index is 0.116. The molecule has 0 radical (unpaired) electrons. The number of ether oxygens (including phenoxy) is 2. The van der Waals surface area contributed by atoms with E-state index in [4.69, 9.17) is 13.9 Å². The van der Waals surface area contributed by atoms with Crippen LogP contribution in [0.5, 0.6) is 17.4 Å². The molecular formula is C28H25N5O5. The fourth-order valence-corrected chi connectivity index (χ4v) is 3.99. The Morgan fingerprint density at radius 2 is 1.76 bits per heavy atom. The predicted octanol–water partition coefficient (Wildman–Crippen LogP) is 5.06. The number of anilines is 1. The van der Waals surface area contributed by atoms with Gasteiger partial charge in [0, 0.05) is 22.8 Å². The predicted molar refractivity (Wildman–Crippen MR) is 142 cm³/mol. The Bertz CT molecular complexity index is 1740. The maximum Gasteiger partial charge on any atom is 0.349 e. The van der Waals surface area contributed by atoms with E-state index in [2.05, 4.69) is 20.4 Å². The summed E-state index contributed by atoms with van der Waals surface area (Å²) < 4.78 is 18.3. The maximum atomic E-state index is 12.8. The lowest BCUT2D eigenvalue weighted by atomic mass is 10.1. The van der Waals surface area contributed by atoms with E-state index in [1.54, 1.807) is 60.1 Å². The highest BCUT2D eigenvalue weighted by Gasteiger charge is 2.16. The van der Waals surface area contributed by atoms with Crippen LogP contribution in [0.25, 0.3) is 16.8 Å². The first kappa shape index (κ1) is 24.7. The lowest BCUT2D eigenvalue weighted by molar-refractivity contribution is 0.102. The summed E-state index contributed by atoms with van der Waals surface area (Å²) in [6.07, 6.45) is 0. The molecule has 2 aromatic carbocycles. The van der Waals surface area contributed by atoms with E-state index in [1.807, 2.05) is 20.8 Å². The first-order chi connectivity index (χ1) is 18.2. The third-order valence-electron chi connectivity index (χ3n) is 6.19. The minimum atomic E-state index is -0.757. The Morgan fingerprint density at radius 3 is 2.45 bits per heavy atom. The molecule has 3 heterocycles. The van der Waals surface area contributed by atoms with Gasteiger partial charge in [0.2, 0.25) is 5.88 Å². The molecule has 0 saturated carbocycles. The van der Waals surface area contributed by atoms with Gasteiger partial charge in [-0.2, -0.15) is 10.1 Å². The maximum absolute atomic E-state index is 12.8. The van der Waals surface area contributed by atoms with Crippen LogP contribution in [0, 0.1) is 27.7 Å². The largest absolute Gasteiger partial charge is 0.493 e. The molecule has 192 valence electrons. The zero-order chi connectivity index (χ0) is 27.0. The minimum Gasteiger partial charge on any atom is -0.493 e. The molecular weight excluding hydrogens is 486 g/mol. The van der Waals surface area contributed by atoms with E-state index >= 15 is 0 Å². The zero-order valence-electron chi connectivity index (χ0n) is 21.5. The molecule has 38 heavy (non-hydrogen) atoms. The first-order valence-corrected chi connectivity index (χ1v) is 11.8. The van der Waals surface area contributed by atoms with Crippen LogP contribution in [0.1, 0.15) is 33.1 Å². The van der Waals surface area contributed by atoms with E-state index in [1.165, 1.54) is 13.2 Å². The van der Waals surface area contributed by atoms with Crippen molar-refractivity contribution >= 4 is 22.6 Å². The number of hydrogen-bond donors (Lipinski definition) is 1. The molecule has 0 unspecified atom stereocenters. The van der Waals surface area contributed by atoms with Crippen molar-refractivity contribution in [2.75, 3.05) is 12.4 Å². The SMILES string of the molecule is COc1cccc2cc(C(=O)Nc3ccc(Oc4cc(-n5nc(C)c(C)c5C)nc(C)n4)cc3)c(=O)oc12. The number of carbonyl (C=O) groups excluding carboxylic acids is 1. The van der Waals surface area contributed by atoms with Crippen molar-refractivity contribution < 1.29 is 18.7 Å². The number of benzene rings is 2. The van der Waals surface area contributed by atoms with E-state index in [9.17, 15) is 9.59 Å². The molecule has 0 aliphatic heterocycles. The molecule has 0 spiro atoms. The standard InChI is InChI=1S/C28H25N5O5/c1-15-16(2)32-33(17(15)3)24-14-25(30-18(4)29-24)37-21-11-9-20(10-12-21)31-27(34)22-13-19-7-6-8-23(36-5)26(19)38-28(22)35/h6-14H,1-5H3,(H,31,34). The number of aryl methyl sites for hydroxylation is 2. The fraction of sp³-hybridized carbons (Fsp3) is 0.179. The molecule has 0 bridgehead atoms. The topological polar surface area (TPSA) is 121 Å². The van der Waals surface area contributed by atoms with Gasteiger partial charge in [0.25, 0.3) is 5.91 Å². The molecule has 10 heteroatoms. The summed E-state index contributed by atoms with van der Waals surface area (Å²) in [4.78, 5) is 34.1. The second-order valence-electron chi connectivity index (χ2n) is 8.73. The van der Waals surface area contributed by atoms with Gasteiger partial charge in [-0.1, -0.05) is 12.1 Å². The Hall–Kier alpha value is -4.99. The molecule has 0 saturated heterocycles. The molecule has 1 amide bonds. The van der Waals surface area contributed by atoms with Gasteiger partial charge in [-0.3, -0.25) is 4.79 Å². The highest BCUT2D eigenvalue weighted by Crippen LogP contribution is 2.26. The Balaban J connectivity index is 1.33. The molecule has 0 aliphatic carbocycles. The summed E-state index contributed by atoms with van der Waals surface area (Å²) in [6, 6.07) is 15.1. The van der Waals surface area contributed by atoms with Gasteiger partial charge < -0.3 is 19.2 Å². The average molecular weight is 512 g/mol. The van der Waals surface area contributed by atoms with Gasteiger partial charge in [-0.25, -0.2) is 14.5 Å². The fourth-order valence-electron chi connectivity index (χ4n) is 3.99. The van der Waals surface area contributed by atoms with Gasteiger partial charge >= 0.3 is 5.63 Å². The van der Waals surface area contributed by atoms with E-state index < -0.39 is 11.5 Å². The monoisotopic (exact) mass is 511 g/mol. The van der Waals surface area contributed by atoms with Crippen LogP contribution in [-0.4, -0.2) is 32.8 Å². The smallest absolute Gasteiger partial charge is 0.349 e. The molecule has 5 aromatic rings. The van der Waals surface area contributed by atoms with Crippen LogP contribution in [0.3, 0.4) is 0 Å². The van der Waals surface area contributed by atoms with Gasteiger partial charge in [0.05, 0.1) is 12.8 Å². The van der Waals surface area contributed by atoms with Gasteiger partial charge in [-0.15, -0.1) is 0 Å². The Morgan fingerprint density at radius 1 is 1.00 bits per heavy atom. The van der Waals surface area contributed by atoms with Gasteiger partial charge in [-0.05, 0) is 69.7 Å². The lowest BCUT2D eigenvalue weighted by Crippen LogP contribution is -2.20. The number of nitrogens with zero attached hydrogens (tertiary/aromatic N) is 4. The second-order valence-corrected chi connectivity index (χ2v) is 8.73. The van der Waals surface area contributed by atoms with Crippen LogP contribution < -0.4 is 20.4 Å². The Kier molecular flexibility index (Phi) is 6.38. The normalized spacial score (nSPS) is 11.0. The number of para-hydroxylation sites is 1. The van der Waals surface area contributed by atoms with Gasteiger partial charge in [0.15, 0.2) is 17.2 Å². The first-order valence-electron chi connectivity index (χ1n) is 11.8. The van der Waals surface area contributed by atoms with Crippen LogP contribution >= 0.6 is 0 Å². The van der Waals surface area contributed by atoms with Crippen LogP contribution in [0.2, 0.25) is 0 Å². The van der Waals surface area contributed by atoms with Crippen molar-refractivity contribution in [1.29, 1.82) is 0 Å². The molecule has 0 atom stereocenters. The lowest BCUT2D eigenvalue weighted by Gasteiger charge is -2.10. The van der Waals surface area contributed by atoms with Crippen molar-refractivity contribution in [2.24, 2.45) is 0 Å². The molecule has 0 fully saturated rings. The zero-order valence-corrected chi connectivity index (χ0v) is 21.5. The number of amides is 1. The highest BCUT2D eigenvalue weighted by molar-refractivity contribution is 6.05. The van der Waals surface area contributed by atoms with Crippen LogP contribution in [0.15, 0.2) is 63.8 Å². The number of fused-ring (bicyclic) bond motifs is 1. The second kappa shape index (κ2) is 9.81. The molecule has 5 rings (SSSR count). The number of nitrogens with one attached hydrogen (secondary N) is 1. The number of aromatic nitrogens is 4. The number of rotatable bonds is 6. The average Bonchev–Trinajstić information content (AvgIpc) is 3.16. The number of carbonyl (C=O) groups is 1. The van der Waals surface area contributed by atoms with Crippen molar-refractivity contribution in [3.05, 3.63) is 93.4 Å². The van der Waals surface area contributed by atoms with Gasteiger partial charge in [0.1, 0.15) is 17.1 Å². The third kappa shape index (κ3) is 4.71. The van der Waals surface area contributed by atoms with Crippen LogP contribution in [0.4, 0.5) is 5.69 Å². The number of methoxy groups -OCH3 is 1. The van der Waals surface area contributed by atoms with Crippen molar-refractivity contribution in [1.82, 2.24) is 19.7 Å². The van der Waals surface area contributed by atoms with E-state index in [-0.39, 0.29) is 11.1 Å². The molecule has 0 aliphatic rings. The summed E-state index contributed by atoms with van der Waals surface area (Å²) >= 11 is 0. The van der Waals surface area contributed by atoms with E-state index in [0.29, 0.717) is 40.1 Å². The highest BCUT2D eigenvalue weighted by atomic mass is 16.5.